The third-order valence-corrected chi connectivity index (χ3v) is 5.56. The van der Waals surface area contributed by atoms with Crippen molar-refractivity contribution in [2.24, 2.45) is 10.9 Å². The van der Waals surface area contributed by atoms with Crippen LogP contribution in [0.2, 0.25) is 0 Å². The van der Waals surface area contributed by atoms with Gasteiger partial charge in [0.25, 0.3) is 5.91 Å². The van der Waals surface area contributed by atoms with E-state index in [9.17, 15) is 15.0 Å². The Labute approximate surface area is 187 Å². The van der Waals surface area contributed by atoms with Crippen LogP contribution in [-0.2, 0) is 11.3 Å². The van der Waals surface area contributed by atoms with Gasteiger partial charge in [-0.05, 0) is 30.3 Å². The minimum absolute atomic E-state index is 0.0369. The Bertz CT molecular complexity index is 1200. The van der Waals surface area contributed by atoms with E-state index in [0.29, 0.717) is 17.0 Å². The van der Waals surface area contributed by atoms with Crippen molar-refractivity contribution in [1.29, 1.82) is 0 Å². The predicted molar refractivity (Wildman–Crippen MR) is 113 cm³/mol. The summed E-state index contributed by atoms with van der Waals surface area (Å²) in [6.45, 7) is -0.129. The van der Waals surface area contributed by atoms with Gasteiger partial charge >= 0.3 is 0 Å². The van der Waals surface area contributed by atoms with E-state index in [2.05, 4.69) is 20.6 Å². The quantitative estimate of drug-likeness (QED) is 0.470. The Hall–Kier alpha value is -3.47. The number of nitrogens with zero attached hydrogens (tertiary/aromatic N) is 4. The third kappa shape index (κ3) is 3.48. The number of aliphatic imine (C=N–C) groups is 1. The monoisotopic (exact) mass is 455 g/mol. The lowest BCUT2D eigenvalue weighted by Gasteiger charge is -2.36. The fourth-order valence-electron chi connectivity index (χ4n) is 3.70. The molecule has 10 nitrogen and oxygen atoms in total. The topological polar surface area (TPSA) is 133 Å². The molecule has 1 aromatic carbocycles. The van der Waals surface area contributed by atoms with E-state index >= 15 is 0 Å². The predicted octanol–water partition coefficient (Wildman–Crippen LogP) is 1.85. The van der Waals surface area contributed by atoms with Gasteiger partial charge in [0.1, 0.15) is 29.3 Å². The minimum Gasteiger partial charge on any atom is -0.510 e. The van der Waals surface area contributed by atoms with Crippen molar-refractivity contribution in [3.05, 3.63) is 65.4 Å². The first-order valence-electron chi connectivity index (χ1n) is 9.73. The molecular formula is C21H18ClN5O5. The first-order chi connectivity index (χ1) is 15.4. The van der Waals surface area contributed by atoms with Crippen molar-refractivity contribution in [3.8, 4) is 17.2 Å². The highest BCUT2D eigenvalue weighted by Crippen LogP contribution is 2.36. The van der Waals surface area contributed by atoms with Crippen molar-refractivity contribution in [3.63, 3.8) is 0 Å². The van der Waals surface area contributed by atoms with Gasteiger partial charge in [-0.25, -0.2) is 0 Å². The lowest BCUT2D eigenvalue weighted by molar-refractivity contribution is -0.135. The van der Waals surface area contributed by atoms with Crippen molar-refractivity contribution in [2.75, 3.05) is 7.11 Å². The maximum atomic E-state index is 13.1. The van der Waals surface area contributed by atoms with E-state index in [4.69, 9.17) is 20.8 Å². The van der Waals surface area contributed by atoms with E-state index in [-0.39, 0.29) is 40.7 Å². The Kier molecular flexibility index (Phi) is 5.04. The van der Waals surface area contributed by atoms with E-state index < -0.39 is 18.1 Å². The van der Waals surface area contributed by atoms with E-state index in [1.807, 2.05) is 0 Å². The van der Waals surface area contributed by atoms with Crippen LogP contribution >= 0.6 is 11.6 Å². The van der Waals surface area contributed by atoms with Crippen LogP contribution in [0.15, 0.2) is 68.9 Å². The van der Waals surface area contributed by atoms with Crippen LogP contribution in [0.3, 0.4) is 0 Å². The molecule has 11 heteroatoms. The van der Waals surface area contributed by atoms with Gasteiger partial charge in [-0.3, -0.25) is 14.8 Å². The molecule has 32 heavy (non-hydrogen) atoms. The first-order valence-corrected chi connectivity index (χ1v) is 10.2. The lowest BCUT2D eigenvalue weighted by Crippen LogP contribution is -2.59. The number of allylic oxidation sites excluding steroid dienone is 2. The standard InChI is InChI=1S/C21H18ClN5O5/c1-31-12-5-2-10(3-6-12)20-25-24-15(32-20)9-27-21(30)16-17(19(29)26-27)23-14-8-11(22)4-7-13(14)18(16)28/h2-8,11,13,19,26,28-29H,9H2,1H3. The second-order valence-corrected chi connectivity index (χ2v) is 7.81. The summed E-state index contributed by atoms with van der Waals surface area (Å²) in [4.78, 5) is 17.4. The normalized spacial score (nSPS) is 24.7. The molecule has 1 aliphatic carbocycles. The molecule has 0 spiro atoms. The van der Waals surface area contributed by atoms with Crippen LogP contribution in [0.5, 0.6) is 5.75 Å². The van der Waals surface area contributed by atoms with Gasteiger partial charge in [0.2, 0.25) is 11.8 Å². The van der Waals surface area contributed by atoms with Crippen molar-refractivity contribution in [2.45, 2.75) is 18.1 Å². The summed E-state index contributed by atoms with van der Waals surface area (Å²) < 4.78 is 10.8. The summed E-state index contributed by atoms with van der Waals surface area (Å²) in [5.74, 6) is -0.256. The van der Waals surface area contributed by atoms with Crippen LogP contribution in [0, 0.1) is 5.92 Å². The number of aromatic nitrogens is 2. The van der Waals surface area contributed by atoms with Gasteiger partial charge in [-0.2, -0.15) is 5.43 Å². The highest BCUT2D eigenvalue weighted by atomic mass is 35.5. The maximum absolute atomic E-state index is 13.1. The first kappa shape index (κ1) is 20.4. The molecule has 0 radical (unpaired) electrons. The zero-order valence-corrected chi connectivity index (χ0v) is 17.5. The summed E-state index contributed by atoms with van der Waals surface area (Å²) in [6.07, 6.45) is 3.72. The number of ether oxygens (including phenoxy) is 1. The number of dihydropyridines is 1. The van der Waals surface area contributed by atoms with Crippen LogP contribution in [0.25, 0.3) is 11.5 Å². The molecule has 1 amide bonds. The minimum atomic E-state index is -1.32. The zero-order chi connectivity index (χ0) is 22.4. The van der Waals surface area contributed by atoms with Gasteiger partial charge < -0.3 is 19.4 Å². The summed E-state index contributed by atoms with van der Waals surface area (Å²) in [5.41, 5.74) is 3.78. The van der Waals surface area contributed by atoms with Crippen molar-refractivity contribution < 1.29 is 24.2 Å². The van der Waals surface area contributed by atoms with Crippen LogP contribution < -0.4 is 10.2 Å². The zero-order valence-electron chi connectivity index (χ0n) is 16.8. The van der Waals surface area contributed by atoms with Gasteiger partial charge in [0, 0.05) is 5.56 Å². The highest BCUT2D eigenvalue weighted by molar-refractivity contribution is 6.26. The number of aliphatic hydroxyl groups is 2. The second kappa shape index (κ2) is 7.90. The molecule has 2 aromatic rings. The molecule has 164 valence electrons. The number of benzene rings is 1. The largest absolute Gasteiger partial charge is 0.510 e. The molecule has 3 atom stereocenters. The fourth-order valence-corrected chi connectivity index (χ4v) is 3.91. The molecule has 2 aliphatic heterocycles. The van der Waals surface area contributed by atoms with Gasteiger partial charge in [0.15, 0.2) is 6.23 Å². The fraction of sp³-hybridized carbons (Fsp3) is 0.238. The number of aliphatic hydroxyl groups excluding tert-OH is 2. The number of rotatable bonds is 4. The smallest absolute Gasteiger partial charge is 0.274 e. The average molecular weight is 456 g/mol. The average Bonchev–Trinajstić information content (AvgIpc) is 3.25. The van der Waals surface area contributed by atoms with Crippen molar-refractivity contribution in [1.82, 2.24) is 20.6 Å². The summed E-state index contributed by atoms with van der Waals surface area (Å²) in [5, 5.41) is 30.0. The molecule has 1 aromatic heterocycles. The van der Waals surface area contributed by atoms with Crippen LogP contribution in [0.4, 0.5) is 0 Å². The highest BCUT2D eigenvalue weighted by Gasteiger charge is 2.42. The number of amides is 1. The Balaban J connectivity index is 1.39. The number of hydrogen-bond acceptors (Lipinski definition) is 9. The summed E-state index contributed by atoms with van der Waals surface area (Å²) in [7, 11) is 1.57. The number of fused-ring (bicyclic) bond motifs is 2. The number of nitrogens with one attached hydrogen (secondary N) is 1. The second-order valence-electron chi connectivity index (χ2n) is 7.31. The van der Waals surface area contributed by atoms with Gasteiger partial charge in [-0.1, -0.05) is 12.2 Å². The van der Waals surface area contributed by atoms with Gasteiger partial charge in [-0.15, -0.1) is 21.8 Å². The Morgan fingerprint density at radius 1 is 1.25 bits per heavy atom. The molecule has 1 saturated heterocycles. The SMILES string of the molecule is COc1ccc(-c2nnc(CN3NC(O)C4=NC5=CC(Cl)C=CC5C(O)=C4C3=O)o2)cc1. The molecule has 3 unspecified atom stereocenters. The number of carbonyl (C=O) groups is 1. The molecule has 0 saturated carbocycles. The van der Waals surface area contributed by atoms with Gasteiger partial charge in [0.05, 0.1) is 24.1 Å². The van der Waals surface area contributed by atoms with E-state index in [1.165, 1.54) is 0 Å². The molecule has 3 heterocycles. The molecule has 3 N–H and O–H groups in total. The molecule has 0 bridgehead atoms. The van der Waals surface area contributed by atoms with Crippen LogP contribution in [-0.4, -0.2) is 55.8 Å². The third-order valence-electron chi connectivity index (χ3n) is 5.29. The number of hydrogen-bond donors (Lipinski definition) is 3. The molecule has 1 fully saturated rings. The summed E-state index contributed by atoms with van der Waals surface area (Å²) >= 11 is 6.09. The molecule has 5 rings (SSSR count). The Morgan fingerprint density at radius 2 is 2.03 bits per heavy atom. The molecular weight excluding hydrogens is 438 g/mol. The number of hydrazine groups is 1. The van der Waals surface area contributed by atoms with E-state index in [1.54, 1.807) is 49.6 Å². The maximum Gasteiger partial charge on any atom is 0.274 e. The number of methoxy groups -OCH3 is 1. The van der Waals surface area contributed by atoms with Crippen molar-refractivity contribution >= 4 is 23.2 Å². The van der Waals surface area contributed by atoms with E-state index in [0.717, 1.165) is 5.01 Å². The van der Waals surface area contributed by atoms with Crippen LogP contribution in [0.1, 0.15) is 5.89 Å². The summed E-state index contributed by atoms with van der Waals surface area (Å²) in [6, 6.07) is 7.07. The Morgan fingerprint density at radius 3 is 2.78 bits per heavy atom. The molecule has 3 aliphatic rings. The number of halogens is 1. The number of carbonyl (C=O) groups excluding carboxylic acids is 1. The number of alkyl halides is 1. The lowest BCUT2D eigenvalue weighted by atomic mass is 9.88.